The number of nitrogens with one attached hydrogen (secondary N) is 2. The Kier molecular flexibility index (Phi) is 5.50. The predicted molar refractivity (Wildman–Crippen MR) is 75.8 cm³/mol. The summed E-state index contributed by atoms with van der Waals surface area (Å²) in [5.41, 5.74) is 3.36. The molecule has 4 N–H and O–H groups in total. The van der Waals surface area contributed by atoms with Gasteiger partial charge in [0, 0.05) is 26.1 Å². The van der Waals surface area contributed by atoms with E-state index in [1.807, 2.05) is 6.92 Å². The van der Waals surface area contributed by atoms with E-state index < -0.39 is 0 Å². The minimum absolute atomic E-state index is 0.0164. The minimum Gasteiger partial charge on any atom is -0.361 e. The van der Waals surface area contributed by atoms with Crippen molar-refractivity contribution >= 4 is 17.5 Å². The molecule has 106 valence electrons. The third kappa shape index (κ3) is 4.06. The molecule has 0 atom stereocenters. The van der Waals surface area contributed by atoms with Gasteiger partial charge in [0.25, 0.3) is 0 Å². The maximum atomic E-state index is 11.6. The number of aromatic nitrogens is 2. The summed E-state index contributed by atoms with van der Waals surface area (Å²) >= 11 is 0. The molecule has 0 aliphatic heterocycles. The highest BCUT2D eigenvalue weighted by molar-refractivity contribution is 5.80. The largest absolute Gasteiger partial charge is 0.361 e. The molecule has 7 nitrogen and oxygen atoms in total. The normalized spacial score (nSPS) is 10.2. The van der Waals surface area contributed by atoms with E-state index in [1.165, 1.54) is 4.90 Å². The van der Waals surface area contributed by atoms with Crippen LogP contribution in [-0.4, -0.2) is 41.4 Å². The van der Waals surface area contributed by atoms with Crippen molar-refractivity contribution in [1.82, 2.24) is 14.9 Å². The molecule has 19 heavy (non-hydrogen) atoms. The summed E-state index contributed by atoms with van der Waals surface area (Å²) in [6.45, 7) is 4.11. The number of nitrogens with two attached hydrogens (primary N) is 1. The summed E-state index contributed by atoms with van der Waals surface area (Å²) in [6, 6.07) is 0. The van der Waals surface area contributed by atoms with E-state index in [0.29, 0.717) is 17.5 Å². The van der Waals surface area contributed by atoms with Gasteiger partial charge >= 0.3 is 0 Å². The van der Waals surface area contributed by atoms with Crippen molar-refractivity contribution in [2.75, 3.05) is 31.4 Å². The Morgan fingerprint density at radius 3 is 2.47 bits per heavy atom. The molecule has 0 aliphatic carbocycles. The monoisotopic (exact) mass is 266 g/mol. The average molecular weight is 266 g/mol. The zero-order chi connectivity index (χ0) is 14.4. The Bertz CT molecular complexity index is 446. The molecule has 0 unspecified atom stereocenters. The number of carbonyl (C=O) groups excluding carboxylic acids is 1. The number of nitrogens with zero attached hydrogens (tertiary/aromatic N) is 3. The third-order valence-electron chi connectivity index (χ3n) is 2.71. The second-order valence-electron chi connectivity index (χ2n) is 4.50. The van der Waals surface area contributed by atoms with Crippen LogP contribution in [-0.2, 0) is 11.2 Å². The number of hydrogen-bond donors (Lipinski definition) is 3. The van der Waals surface area contributed by atoms with Crippen molar-refractivity contribution in [2.45, 2.75) is 26.7 Å². The topological polar surface area (TPSA) is 96.2 Å². The van der Waals surface area contributed by atoms with Gasteiger partial charge in [-0.3, -0.25) is 4.79 Å². The van der Waals surface area contributed by atoms with Gasteiger partial charge in [0.2, 0.25) is 5.91 Å². The summed E-state index contributed by atoms with van der Waals surface area (Å²) in [5.74, 6) is 7.36. The number of hydrazine groups is 1. The lowest BCUT2D eigenvalue weighted by molar-refractivity contribution is -0.126. The van der Waals surface area contributed by atoms with Gasteiger partial charge in [0.1, 0.15) is 17.5 Å². The van der Waals surface area contributed by atoms with E-state index in [1.54, 1.807) is 14.1 Å². The molecule has 0 fully saturated rings. The van der Waals surface area contributed by atoms with Gasteiger partial charge in [-0.15, -0.1) is 0 Å². The van der Waals surface area contributed by atoms with Gasteiger partial charge < -0.3 is 15.6 Å². The lowest BCUT2D eigenvalue weighted by Crippen LogP contribution is -2.29. The summed E-state index contributed by atoms with van der Waals surface area (Å²) in [5, 5.41) is 3.03. The van der Waals surface area contributed by atoms with E-state index in [2.05, 4.69) is 27.6 Å². The molecule has 1 aromatic rings. The third-order valence-corrected chi connectivity index (χ3v) is 2.71. The second-order valence-corrected chi connectivity index (χ2v) is 4.50. The SMILES string of the molecule is CCCc1nc(NN)c(C)c(NCC(=O)N(C)C)n1. The molecule has 1 amide bonds. The van der Waals surface area contributed by atoms with Crippen LogP contribution in [0.5, 0.6) is 0 Å². The van der Waals surface area contributed by atoms with Gasteiger partial charge in [-0.25, -0.2) is 15.8 Å². The summed E-state index contributed by atoms with van der Waals surface area (Å²) in [4.78, 5) is 21.8. The van der Waals surface area contributed by atoms with Gasteiger partial charge in [0.15, 0.2) is 0 Å². The highest BCUT2D eigenvalue weighted by Crippen LogP contribution is 2.19. The molecular weight excluding hydrogens is 244 g/mol. The molecule has 0 saturated carbocycles. The molecule has 0 bridgehead atoms. The second kappa shape index (κ2) is 6.89. The lowest BCUT2D eigenvalue weighted by atomic mass is 10.2. The molecular formula is C12H22N6O. The maximum absolute atomic E-state index is 11.6. The number of carbonyl (C=O) groups is 1. The van der Waals surface area contributed by atoms with E-state index in [0.717, 1.165) is 18.4 Å². The van der Waals surface area contributed by atoms with Crippen LogP contribution in [0.4, 0.5) is 11.6 Å². The van der Waals surface area contributed by atoms with Gasteiger partial charge in [0.05, 0.1) is 6.54 Å². The fourth-order valence-corrected chi connectivity index (χ4v) is 1.53. The molecule has 1 rings (SSSR count). The Labute approximate surface area is 113 Å². The van der Waals surface area contributed by atoms with Crippen LogP contribution >= 0.6 is 0 Å². The molecule has 0 aliphatic rings. The van der Waals surface area contributed by atoms with E-state index in [4.69, 9.17) is 5.84 Å². The highest BCUT2D eigenvalue weighted by Gasteiger charge is 2.11. The smallest absolute Gasteiger partial charge is 0.241 e. The standard InChI is InChI=1S/C12H22N6O/c1-5-6-9-15-11(8(2)12(16-9)17-13)14-7-10(19)18(3)4/h5-7,13H2,1-4H3,(H2,14,15,16,17). The van der Waals surface area contributed by atoms with Crippen molar-refractivity contribution in [1.29, 1.82) is 0 Å². The number of hydrogen-bond acceptors (Lipinski definition) is 6. The van der Waals surface area contributed by atoms with E-state index >= 15 is 0 Å². The first-order valence-electron chi connectivity index (χ1n) is 6.27. The Morgan fingerprint density at radius 2 is 1.95 bits per heavy atom. The molecule has 0 radical (unpaired) electrons. The number of likely N-dealkylation sites (N-methyl/N-ethyl adjacent to an activating group) is 1. The number of aryl methyl sites for hydroxylation is 1. The number of rotatable bonds is 6. The number of anilines is 2. The summed E-state index contributed by atoms with van der Waals surface area (Å²) in [6.07, 6.45) is 1.72. The van der Waals surface area contributed by atoms with Crippen LogP contribution < -0.4 is 16.6 Å². The average Bonchev–Trinajstić information content (AvgIpc) is 2.38. The first kappa shape index (κ1) is 15.2. The summed E-state index contributed by atoms with van der Waals surface area (Å²) in [7, 11) is 3.43. The summed E-state index contributed by atoms with van der Waals surface area (Å²) < 4.78 is 0. The lowest BCUT2D eigenvalue weighted by Gasteiger charge is -2.15. The van der Waals surface area contributed by atoms with Crippen molar-refractivity contribution in [3.8, 4) is 0 Å². The molecule has 7 heteroatoms. The molecule has 1 heterocycles. The number of amides is 1. The van der Waals surface area contributed by atoms with Crippen LogP contribution in [0.2, 0.25) is 0 Å². The van der Waals surface area contributed by atoms with Crippen LogP contribution in [0.3, 0.4) is 0 Å². The van der Waals surface area contributed by atoms with Gasteiger partial charge in [-0.2, -0.15) is 0 Å². The van der Waals surface area contributed by atoms with Crippen LogP contribution in [0.25, 0.3) is 0 Å². The zero-order valence-corrected chi connectivity index (χ0v) is 11.9. The molecule has 0 aromatic carbocycles. The van der Waals surface area contributed by atoms with Crippen molar-refractivity contribution in [3.05, 3.63) is 11.4 Å². The first-order chi connectivity index (χ1) is 8.99. The first-order valence-corrected chi connectivity index (χ1v) is 6.27. The Hall–Kier alpha value is -1.89. The van der Waals surface area contributed by atoms with Crippen LogP contribution in [0.15, 0.2) is 0 Å². The fraction of sp³-hybridized carbons (Fsp3) is 0.583. The minimum atomic E-state index is -0.0164. The zero-order valence-electron chi connectivity index (χ0n) is 11.9. The fourth-order valence-electron chi connectivity index (χ4n) is 1.53. The van der Waals surface area contributed by atoms with E-state index in [9.17, 15) is 4.79 Å². The van der Waals surface area contributed by atoms with Crippen molar-refractivity contribution in [3.63, 3.8) is 0 Å². The van der Waals surface area contributed by atoms with Crippen molar-refractivity contribution < 1.29 is 4.79 Å². The maximum Gasteiger partial charge on any atom is 0.241 e. The van der Waals surface area contributed by atoms with Crippen LogP contribution in [0.1, 0.15) is 24.7 Å². The van der Waals surface area contributed by atoms with Gasteiger partial charge in [-0.1, -0.05) is 6.92 Å². The van der Waals surface area contributed by atoms with E-state index in [-0.39, 0.29) is 12.5 Å². The molecule has 0 saturated heterocycles. The van der Waals surface area contributed by atoms with Gasteiger partial charge in [-0.05, 0) is 13.3 Å². The highest BCUT2D eigenvalue weighted by atomic mass is 16.2. The number of nitrogen functional groups attached to an aromatic ring is 1. The Balaban J connectivity index is 2.91. The Morgan fingerprint density at radius 1 is 1.32 bits per heavy atom. The molecule has 0 spiro atoms. The van der Waals surface area contributed by atoms with Crippen LogP contribution in [0, 0.1) is 6.92 Å². The quantitative estimate of drug-likeness (QED) is 0.513. The van der Waals surface area contributed by atoms with Crippen molar-refractivity contribution in [2.24, 2.45) is 5.84 Å². The predicted octanol–water partition coefficient (Wildman–Crippen LogP) is 0.523. The molecule has 1 aromatic heterocycles.